The van der Waals surface area contributed by atoms with Gasteiger partial charge in [0.25, 0.3) is 0 Å². The molecule has 0 bridgehead atoms. The maximum absolute atomic E-state index is 11.5. The number of methoxy groups -OCH3 is 1. The molecule has 1 fully saturated rings. The third-order valence-electron chi connectivity index (χ3n) is 2.60. The van der Waals surface area contributed by atoms with Crippen LogP contribution < -0.4 is 10.8 Å². The molecule has 2 aliphatic rings. The molecule has 0 aromatic rings. The van der Waals surface area contributed by atoms with Crippen molar-refractivity contribution in [3.63, 3.8) is 0 Å². The SMILES string of the molecule is COCC1=C(C(=O)[O-])N2C(=O)C(N)[C@H]2SC1. The van der Waals surface area contributed by atoms with E-state index in [1.165, 1.54) is 23.8 Å². The predicted molar refractivity (Wildman–Crippen MR) is 55.0 cm³/mol. The monoisotopic (exact) mass is 243 g/mol. The number of carbonyl (C=O) groups is 2. The van der Waals surface area contributed by atoms with Gasteiger partial charge in [-0.25, -0.2) is 0 Å². The summed E-state index contributed by atoms with van der Waals surface area (Å²) in [4.78, 5) is 23.7. The van der Waals surface area contributed by atoms with Crippen LogP contribution in [-0.2, 0) is 14.3 Å². The van der Waals surface area contributed by atoms with Crippen molar-refractivity contribution in [1.29, 1.82) is 0 Å². The van der Waals surface area contributed by atoms with Crippen LogP contribution in [0.4, 0.5) is 0 Å². The van der Waals surface area contributed by atoms with Crippen LogP contribution in [0.15, 0.2) is 11.3 Å². The van der Waals surface area contributed by atoms with Gasteiger partial charge in [-0.05, 0) is 5.57 Å². The molecule has 16 heavy (non-hydrogen) atoms. The first-order chi connectivity index (χ1) is 7.57. The van der Waals surface area contributed by atoms with Crippen molar-refractivity contribution in [3.05, 3.63) is 11.3 Å². The van der Waals surface area contributed by atoms with Crippen molar-refractivity contribution in [1.82, 2.24) is 4.90 Å². The highest BCUT2D eigenvalue weighted by atomic mass is 32.2. The molecule has 2 N–H and O–H groups in total. The number of β-lactam (4-membered cyclic amide) rings is 1. The number of carboxylic acid groups (broad SMARTS) is 1. The van der Waals surface area contributed by atoms with E-state index in [1.807, 2.05) is 0 Å². The molecule has 0 spiro atoms. The fourth-order valence-electron chi connectivity index (χ4n) is 1.85. The number of hydrogen-bond donors (Lipinski definition) is 1. The maximum Gasteiger partial charge on any atom is 0.248 e. The smallest absolute Gasteiger partial charge is 0.248 e. The average molecular weight is 243 g/mol. The Balaban J connectivity index is 2.34. The van der Waals surface area contributed by atoms with E-state index in [0.29, 0.717) is 11.3 Å². The highest BCUT2D eigenvalue weighted by Crippen LogP contribution is 2.38. The van der Waals surface area contributed by atoms with Crippen LogP contribution in [0.25, 0.3) is 0 Å². The third kappa shape index (κ3) is 1.51. The van der Waals surface area contributed by atoms with Gasteiger partial charge >= 0.3 is 0 Å². The number of carbonyl (C=O) groups excluding carboxylic acids is 2. The fraction of sp³-hybridized carbons (Fsp3) is 0.556. The van der Waals surface area contributed by atoms with Gasteiger partial charge < -0.3 is 20.4 Å². The number of fused-ring (bicyclic) bond motifs is 1. The Hall–Kier alpha value is -1.05. The lowest BCUT2D eigenvalue weighted by atomic mass is 10.0. The molecule has 6 nitrogen and oxygen atoms in total. The van der Waals surface area contributed by atoms with Crippen molar-refractivity contribution >= 4 is 23.6 Å². The molecule has 0 radical (unpaired) electrons. The molecule has 0 saturated carbocycles. The van der Waals surface area contributed by atoms with Gasteiger partial charge in [0.15, 0.2) is 0 Å². The second-order valence-electron chi connectivity index (χ2n) is 3.61. The molecular weight excluding hydrogens is 232 g/mol. The standard InChI is InChI=1S/C9H12N2O4S/c1-15-2-4-3-16-8-5(10)7(12)11(8)6(4)9(13)14/h5,8H,2-3,10H2,1H3,(H,13,14)/p-1/t5?,8-/m1/s1. The summed E-state index contributed by atoms with van der Waals surface area (Å²) in [5.74, 6) is -1.22. The molecule has 0 aromatic carbocycles. The number of thioether (sulfide) groups is 1. The molecule has 88 valence electrons. The maximum atomic E-state index is 11.5. The molecule has 0 aromatic heterocycles. The summed E-state index contributed by atoms with van der Waals surface area (Å²) in [6.07, 6.45) is 0. The second-order valence-corrected chi connectivity index (χ2v) is 4.71. The number of nitrogens with zero attached hydrogens (tertiary/aromatic N) is 1. The Morgan fingerprint density at radius 1 is 1.75 bits per heavy atom. The van der Waals surface area contributed by atoms with Gasteiger partial charge in [0.1, 0.15) is 11.4 Å². The highest BCUT2D eigenvalue weighted by Gasteiger charge is 2.50. The van der Waals surface area contributed by atoms with Gasteiger partial charge in [-0.2, -0.15) is 0 Å². The van der Waals surface area contributed by atoms with Crippen molar-refractivity contribution < 1.29 is 19.4 Å². The molecule has 2 aliphatic heterocycles. The summed E-state index contributed by atoms with van der Waals surface area (Å²) in [5.41, 5.74) is 6.07. The quantitative estimate of drug-likeness (QED) is 0.569. The van der Waals surface area contributed by atoms with Gasteiger partial charge in [-0.1, -0.05) is 0 Å². The summed E-state index contributed by atoms with van der Waals surface area (Å²) < 4.78 is 4.90. The largest absolute Gasteiger partial charge is 0.543 e. The lowest BCUT2D eigenvalue weighted by molar-refractivity contribution is -0.301. The van der Waals surface area contributed by atoms with E-state index in [4.69, 9.17) is 10.5 Å². The summed E-state index contributed by atoms with van der Waals surface area (Å²) in [6.45, 7) is 0.183. The first-order valence-electron chi connectivity index (χ1n) is 4.70. The first kappa shape index (κ1) is 11.4. The second kappa shape index (κ2) is 4.08. The summed E-state index contributed by atoms with van der Waals surface area (Å²) in [5, 5.41) is 10.7. The molecule has 0 aliphatic carbocycles. The van der Waals surface area contributed by atoms with Crippen LogP contribution in [0, 0.1) is 0 Å². The number of hydrogen-bond acceptors (Lipinski definition) is 6. The van der Waals surface area contributed by atoms with Gasteiger partial charge in [0.05, 0.1) is 18.3 Å². The number of rotatable bonds is 3. The van der Waals surface area contributed by atoms with Gasteiger partial charge in [-0.15, -0.1) is 11.8 Å². The zero-order valence-corrected chi connectivity index (χ0v) is 9.45. The van der Waals surface area contributed by atoms with E-state index in [0.717, 1.165) is 0 Å². The van der Waals surface area contributed by atoms with E-state index in [1.54, 1.807) is 0 Å². The van der Waals surface area contributed by atoms with Crippen LogP contribution in [-0.4, -0.2) is 47.7 Å². The zero-order valence-electron chi connectivity index (χ0n) is 8.63. The van der Waals surface area contributed by atoms with Crippen LogP contribution in [0.2, 0.25) is 0 Å². The zero-order chi connectivity index (χ0) is 11.9. The summed E-state index contributed by atoms with van der Waals surface area (Å²) in [7, 11) is 1.47. The number of nitrogens with two attached hydrogens (primary N) is 1. The minimum Gasteiger partial charge on any atom is -0.543 e. The molecular formula is C9H11N2O4S-. The molecule has 1 saturated heterocycles. The average Bonchev–Trinajstić information content (AvgIpc) is 2.27. The molecule has 2 rings (SSSR count). The Kier molecular flexibility index (Phi) is 2.92. The number of aliphatic carboxylic acids is 1. The molecule has 1 unspecified atom stereocenters. The Labute approximate surface area is 96.4 Å². The van der Waals surface area contributed by atoms with E-state index in [9.17, 15) is 14.7 Å². The predicted octanol–water partition coefficient (Wildman–Crippen LogP) is -2.12. The van der Waals surface area contributed by atoms with Crippen LogP contribution in [0.3, 0.4) is 0 Å². The summed E-state index contributed by atoms with van der Waals surface area (Å²) >= 11 is 1.45. The van der Waals surface area contributed by atoms with E-state index in [2.05, 4.69) is 0 Å². The number of ether oxygens (including phenoxy) is 1. The van der Waals surface area contributed by atoms with E-state index in [-0.39, 0.29) is 23.6 Å². The minimum atomic E-state index is -1.35. The van der Waals surface area contributed by atoms with Crippen molar-refractivity contribution in [2.75, 3.05) is 19.5 Å². The van der Waals surface area contributed by atoms with Crippen LogP contribution in [0.1, 0.15) is 0 Å². The third-order valence-corrected chi connectivity index (χ3v) is 3.96. The van der Waals surface area contributed by atoms with Crippen LogP contribution in [0.5, 0.6) is 0 Å². The lowest BCUT2D eigenvalue weighted by Crippen LogP contribution is -2.69. The van der Waals surface area contributed by atoms with Crippen molar-refractivity contribution in [3.8, 4) is 0 Å². The number of carboxylic acids is 1. The Bertz CT molecular complexity index is 382. The highest BCUT2D eigenvalue weighted by molar-refractivity contribution is 8.00. The Morgan fingerprint density at radius 2 is 2.44 bits per heavy atom. The molecule has 2 atom stereocenters. The van der Waals surface area contributed by atoms with E-state index >= 15 is 0 Å². The molecule has 7 heteroatoms. The minimum absolute atomic E-state index is 0.0719. The normalized spacial score (nSPS) is 28.9. The first-order valence-corrected chi connectivity index (χ1v) is 5.75. The fourth-order valence-corrected chi connectivity index (χ4v) is 3.13. The molecule has 2 heterocycles. The summed E-state index contributed by atoms with van der Waals surface area (Å²) in [6, 6.07) is -0.608. The number of amides is 1. The van der Waals surface area contributed by atoms with Crippen LogP contribution >= 0.6 is 11.8 Å². The van der Waals surface area contributed by atoms with E-state index < -0.39 is 12.0 Å². The van der Waals surface area contributed by atoms with Crippen molar-refractivity contribution in [2.45, 2.75) is 11.4 Å². The van der Waals surface area contributed by atoms with Gasteiger partial charge in [0, 0.05) is 12.9 Å². The topological polar surface area (TPSA) is 95.7 Å². The Morgan fingerprint density at radius 3 is 3.00 bits per heavy atom. The van der Waals surface area contributed by atoms with Crippen molar-refractivity contribution in [2.24, 2.45) is 5.73 Å². The van der Waals surface area contributed by atoms with Gasteiger partial charge in [-0.3, -0.25) is 9.69 Å². The van der Waals surface area contributed by atoms with Gasteiger partial charge in [0.2, 0.25) is 5.91 Å². The molecule has 1 amide bonds. The lowest BCUT2D eigenvalue weighted by Gasteiger charge is -2.49.